The van der Waals surface area contributed by atoms with Crippen LogP contribution in [0.5, 0.6) is 5.75 Å². The van der Waals surface area contributed by atoms with Gasteiger partial charge >= 0.3 is 0 Å². The Balaban J connectivity index is 3.05. The van der Waals surface area contributed by atoms with Crippen molar-refractivity contribution in [1.82, 2.24) is 9.88 Å². The third-order valence-corrected chi connectivity index (χ3v) is 2.88. The van der Waals surface area contributed by atoms with Crippen molar-refractivity contribution in [3.8, 4) is 5.75 Å². The highest BCUT2D eigenvalue weighted by molar-refractivity contribution is 6.02. The molecule has 0 saturated heterocycles. The van der Waals surface area contributed by atoms with E-state index in [2.05, 4.69) is 4.98 Å². The van der Waals surface area contributed by atoms with E-state index in [9.17, 15) is 4.79 Å². The first kappa shape index (κ1) is 12.6. The molecule has 0 N–H and O–H groups in total. The number of methoxy groups -OCH3 is 1. The molecule has 1 heterocycles. The minimum Gasteiger partial charge on any atom is -0.495 e. The third kappa shape index (κ3) is 2.39. The zero-order chi connectivity index (χ0) is 12.3. The van der Waals surface area contributed by atoms with Gasteiger partial charge in [0.25, 0.3) is 0 Å². The smallest absolute Gasteiger partial charge is 0.184 e. The number of carbonyl (C=O) groups excluding carboxylic acids is 1. The fourth-order valence-corrected chi connectivity index (χ4v) is 1.21. The van der Waals surface area contributed by atoms with Crippen LogP contribution in [0.1, 0.15) is 24.2 Å². The highest BCUT2D eigenvalue weighted by Crippen LogP contribution is 2.19. The molecular formula is C12H18N2O2. The molecule has 0 aromatic carbocycles. The molecule has 0 aliphatic heterocycles. The Bertz CT molecular complexity index is 386. The molecule has 0 atom stereocenters. The Morgan fingerprint density at radius 1 is 1.38 bits per heavy atom. The van der Waals surface area contributed by atoms with Gasteiger partial charge in [-0.25, -0.2) is 0 Å². The van der Waals surface area contributed by atoms with E-state index in [1.807, 2.05) is 32.8 Å². The Hall–Kier alpha value is -1.42. The summed E-state index contributed by atoms with van der Waals surface area (Å²) < 4.78 is 5.05. The van der Waals surface area contributed by atoms with Crippen molar-refractivity contribution in [2.75, 3.05) is 21.2 Å². The monoisotopic (exact) mass is 222 g/mol. The fourth-order valence-electron chi connectivity index (χ4n) is 1.21. The SMILES string of the molecule is COc1cncc(C(=O)C(C)(C)N(C)C)c1. The number of carbonyl (C=O) groups is 1. The molecule has 4 heteroatoms. The largest absolute Gasteiger partial charge is 0.495 e. The highest BCUT2D eigenvalue weighted by atomic mass is 16.5. The number of ether oxygens (including phenoxy) is 1. The maximum atomic E-state index is 12.2. The molecule has 0 fully saturated rings. The van der Waals surface area contributed by atoms with Crippen molar-refractivity contribution in [3.63, 3.8) is 0 Å². The maximum absolute atomic E-state index is 12.2. The summed E-state index contributed by atoms with van der Waals surface area (Å²) in [5.74, 6) is 0.629. The van der Waals surface area contributed by atoms with Crippen LogP contribution in [-0.4, -0.2) is 42.4 Å². The summed E-state index contributed by atoms with van der Waals surface area (Å²) in [4.78, 5) is 18.1. The maximum Gasteiger partial charge on any atom is 0.184 e. The van der Waals surface area contributed by atoms with Crippen molar-refractivity contribution in [1.29, 1.82) is 0 Å². The van der Waals surface area contributed by atoms with Gasteiger partial charge in [0.15, 0.2) is 5.78 Å². The molecule has 1 aromatic rings. The Morgan fingerprint density at radius 3 is 2.50 bits per heavy atom. The second-order valence-corrected chi connectivity index (χ2v) is 4.40. The normalized spacial score (nSPS) is 11.6. The lowest BCUT2D eigenvalue weighted by atomic mass is 9.93. The average Bonchev–Trinajstić information content (AvgIpc) is 2.27. The number of ketones is 1. The Morgan fingerprint density at radius 2 is 2.00 bits per heavy atom. The summed E-state index contributed by atoms with van der Waals surface area (Å²) >= 11 is 0. The van der Waals surface area contributed by atoms with Crippen molar-refractivity contribution < 1.29 is 9.53 Å². The zero-order valence-corrected chi connectivity index (χ0v) is 10.4. The van der Waals surface area contributed by atoms with E-state index in [1.165, 1.54) is 0 Å². The molecule has 88 valence electrons. The molecule has 0 unspecified atom stereocenters. The molecule has 0 radical (unpaired) electrons. The van der Waals surface area contributed by atoms with E-state index in [4.69, 9.17) is 4.74 Å². The first-order valence-corrected chi connectivity index (χ1v) is 5.11. The Kier molecular flexibility index (Phi) is 3.65. The van der Waals surface area contributed by atoms with Crippen molar-refractivity contribution in [2.24, 2.45) is 0 Å². The van der Waals surface area contributed by atoms with Crippen molar-refractivity contribution >= 4 is 5.78 Å². The molecular weight excluding hydrogens is 204 g/mol. The van der Waals surface area contributed by atoms with Gasteiger partial charge in [0.05, 0.1) is 18.8 Å². The molecule has 0 amide bonds. The second kappa shape index (κ2) is 4.61. The molecule has 0 aliphatic rings. The summed E-state index contributed by atoms with van der Waals surface area (Å²) in [5, 5.41) is 0. The number of hydrogen-bond acceptors (Lipinski definition) is 4. The topological polar surface area (TPSA) is 42.4 Å². The molecule has 16 heavy (non-hydrogen) atoms. The van der Waals surface area contributed by atoms with Gasteiger partial charge in [0.1, 0.15) is 5.75 Å². The summed E-state index contributed by atoms with van der Waals surface area (Å²) in [6.07, 6.45) is 3.15. The third-order valence-electron chi connectivity index (χ3n) is 2.88. The molecule has 1 aromatic heterocycles. The van der Waals surface area contributed by atoms with Crippen molar-refractivity contribution in [2.45, 2.75) is 19.4 Å². The first-order chi connectivity index (χ1) is 7.39. The molecule has 0 aliphatic carbocycles. The van der Waals surface area contributed by atoms with Gasteiger partial charge < -0.3 is 4.74 Å². The molecule has 0 saturated carbocycles. The first-order valence-electron chi connectivity index (χ1n) is 5.11. The summed E-state index contributed by atoms with van der Waals surface area (Å²) in [6.45, 7) is 3.77. The predicted molar refractivity (Wildman–Crippen MR) is 62.9 cm³/mol. The van der Waals surface area contributed by atoms with E-state index in [-0.39, 0.29) is 5.78 Å². The zero-order valence-electron chi connectivity index (χ0n) is 10.4. The lowest BCUT2D eigenvalue weighted by Gasteiger charge is -2.30. The quantitative estimate of drug-likeness (QED) is 0.726. The fraction of sp³-hybridized carbons (Fsp3) is 0.500. The number of Topliss-reactive ketones (excluding diaryl/α,β-unsaturated/α-hetero) is 1. The number of rotatable bonds is 4. The van der Waals surface area contributed by atoms with Crippen LogP contribution in [0.2, 0.25) is 0 Å². The molecule has 0 bridgehead atoms. The summed E-state index contributed by atoms with van der Waals surface area (Å²) in [5.41, 5.74) is 0.0201. The van der Waals surface area contributed by atoms with Crippen LogP contribution in [0.4, 0.5) is 0 Å². The van der Waals surface area contributed by atoms with Gasteiger partial charge in [-0.15, -0.1) is 0 Å². The van der Waals surface area contributed by atoms with Crippen LogP contribution in [0.25, 0.3) is 0 Å². The number of nitrogens with zero attached hydrogens (tertiary/aromatic N) is 2. The molecule has 4 nitrogen and oxygen atoms in total. The Labute approximate surface area is 96.2 Å². The van der Waals surface area contributed by atoms with E-state index in [0.717, 1.165) is 0 Å². The average molecular weight is 222 g/mol. The van der Waals surface area contributed by atoms with Gasteiger partial charge in [-0.1, -0.05) is 0 Å². The number of hydrogen-bond donors (Lipinski definition) is 0. The van der Waals surface area contributed by atoms with Crippen molar-refractivity contribution in [3.05, 3.63) is 24.0 Å². The minimum atomic E-state index is -0.548. The van der Waals surface area contributed by atoms with Gasteiger partial charge in [-0.2, -0.15) is 0 Å². The van der Waals surface area contributed by atoms with E-state index in [1.54, 1.807) is 25.6 Å². The molecule has 1 rings (SSSR count). The van der Waals surface area contributed by atoms with Crippen LogP contribution >= 0.6 is 0 Å². The van der Waals surface area contributed by atoms with Crippen LogP contribution in [-0.2, 0) is 0 Å². The van der Waals surface area contributed by atoms with Gasteiger partial charge in [0.2, 0.25) is 0 Å². The van der Waals surface area contributed by atoms with Crippen LogP contribution in [0.3, 0.4) is 0 Å². The van der Waals surface area contributed by atoms with E-state index in [0.29, 0.717) is 11.3 Å². The van der Waals surface area contributed by atoms with E-state index < -0.39 is 5.54 Å². The number of likely N-dealkylation sites (N-methyl/N-ethyl adjacent to an activating group) is 1. The van der Waals surface area contributed by atoms with Crippen LogP contribution < -0.4 is 4.74 Å². The highest BCUT2D eigenvalue weighted by Gasteiger charge is 2.31. The van der Waals surface area contributed by atoms with E-state index >= 15 is 0 Å². The van der Waals surface area contributed by atoms with Gasteiger partial charge in [-0.3, -0.25) is 14.7 Å². The van der Waals surface area contributed by atoms with Crippen LogP contribution in [0, 0.1) is 0 Å². The second-order valence-electron chi connectivity index (χ2n) is 4.40. The van der Waals surface area contributed by atoms with Gasteiger partial charge in [0, 0.05) is 11.8 Å². The van der Waals surface area contributed by atoms with Gasteiger partial charge in [-0.05, 0) is 34.0 Å². The summed E-state index contributed by atoms with van der Waals surface area (Å²) in [7, 11) is 5.32. The number of pyridine rings is 1. The molecule has 0 spiro atoms. The van der Waals surface area contributed by atoms with Crippen LogP contribution in [0.15, 0.2) is 18.5 Å². The number of aromatic nitrogens is 1. The lowest BCUT2D eigenvalue weighted by molar-refractivity contribution is 0.0754. The summed E-state index contributed by atoms with van der Waals surface area (Å²) in [6, 6.07) is 1.71. The minimum absolute atomic E-state index is 0.0314. The predicted octanol–water partition coefficient (Wildman–Crippen LogP) is 1.61. The standard InChI is InChI=1S/C12H18N2O2/c1-12(2,14(3)4)11(15)9-6-10(16-5)8-13-7-9/h6-8H,1-5H3. The lowest BCUT2D eigenvalue weighted by Crippen LogP contribution is -2.45.